The molecule has 1 amide bonds. The summed E-state index contributed by atoms with van der Waals surface area (Å²) in [7, 11) is 0. The van der Waals surface area contributed by atoms with Gasteiger partial charge in [-0.25, -0.2) is 13.8 Å². The van der Waals surface area contributed by atoms with Gasteiger partial charge in [-0.15, -0.1) is 0 Å². The number of nitrogens with one attached hydrogen (secondary N) is 1. The zero-order valence-electron chi connectivity index (χ0n) is 10.8. The third-order valence-corrected chi connectivity index (χ3v) is 2.70. The van der Waals surface area contributed by atoms with Crippen LogP contribution in [-0.2, 0) is 4.79 Å². The fourth-order valence-electron chi connectivity index (χ4n) is 1.59. The van der Waals surface area contributed by atoms with Gasteiger partial charge >= 0.3 is 5.69 Å². The Bertz CT molecular complexity index is 788. The lowest BCUT2D eigenvalue weighted by Crippen LogP contribution is -2.31. The van der Waals surface area contributed by atoms with Crippen molar-refractivity contribution in [3.05, 3.63) is 57.3 Å². The highest BCUT2D eigenvalue weighted by atomic mass is 35.5. The van der Waals surface area contributed by atoms with Gasteiger partial charge in [0.15, 0.2) is 11.6 Å². The van der Waals surface area contributed by atoms with Crippen molar-refractivity contribution < 1.29 is 14.0 Å². The van der Waals surface area contributed by atoms with Crippen LogP contribution in [0.1, 0.15) is 17.3 Å². The first-order valence-corrected chi connectivity index (χ1v) is 6.13. The quantitative estimate of drug-likeness (QED) is 0.915. The Hall–Kier alpha value is -2.54. The molecule has 0 saturated carbocycles. The van der Waals surface area contributed by atoms with E-state index in [2.05, 4.69) is 10.3 Å². The van der Waals surface area contributed by atoms with Gasteiger partial charge in [0.2, 0.25) is 5.91 Å². The maximum Gasteiger partial charge on any atom is 0.356 e. The average molecular weight is 310 g/mol. The van der Waals surface area contributed by atoms with Crippen LogP contribution >= 0.6 is 11.6 Å². The molecule has 8 heteroatoms. The van der Waals surface area contributed by atoms with Crippen molar-refractivity contribution >= 4 is 29.2 Å². The van der Waals surface area contributed by atoms with Gasteiger partial charge < -0.3 is 5.32 Å². The Morgan fingerprint density at radius 2 is 2.10 bits per heavy atom. The molecule has 0 aliphatic carbocycles. The van der Waals surface area contributed by atoms with E-state index in [1.54, 1.807) is 6.07 Å². The molecule has 0 unspecified atom stereocenters. The average Bonchev–Trinajstić information content (AvgIpc) is 2.41. The molecular formula is C13H9ClFN3O3. The SMILES string of the molecule is CC(=O)Nc1nc(=O)n(C(=O)c2cccc(Cl)c2)cc1F. The van der Waals surface area contributed by atoms with Gasteiger partial charge in [0.25, 0.3) is 5.91 Å². The summed E-state index contributed by atoms with van der Waals surface area (Å²) < 4.78 is 14.2. The summed E-state index contributed by atoms with van der Waals surface area (Å²) in [6, 6.07) is 5.85. The van der Waals surface area contributed by atoms with E-state index in [9.17, 15) is 18.8 Å². The van der Waals surface area contributed by atoms with Crippen molar-refractivity contribution in [2.45, 2.75) is 6.92 Å². The summed E-state index contributed by atoms with van der Waals surface area (Å²) in [6.07, 6.45) is 0.670. The first kappa shape index (κ1) is 14.9. The van der Waals surface area contributed by atoms with E-state index in [-0.39, 0.29) is 5.56 Å². The number of benzene rings is 1. The molecule has 6 nitrogen and oxygen atoms in total. The third-order valence-electron chi connectivity index (χ3n) is 2.47. The topological polar surface area (TPSA) is 81.1 Å². The molecule has 108 valence electrons. The lowest BCUT2D eigenvalue weighted by atomic mass is 10.2. The number of aromatic nitrogens is 2. The first-order chi connectivity index (χ1) is 9.88. The van der Waals surface area contributed by atoms with Gasteiger partial charge in [0, 0.05) is 17.5 Å². The van der Waals surface area contributed by atoms with Crippen LogP contribution < -0.4 is 11.0 Å². The molecule has 1 heterocycles. The molecule has 1 N–H and O–H groups in total. The number of carbonyl (C=O) groups is 2. The number of carbonyl (C=O) groups excluding carboxylic acids is 2. The molecule has 0 atom stereocenters. The van der Waals surface area contributed by atoms with Gasteiger partial charge in [-0.2, -0.15) is 4.98 Å². The lowest BCUT2D eigenvalue weighted by Gasteiger charge is -2.07. The predicted molar refractivity (Wildman–Crippen MR) is 73.9 cm³/mol. The minimum Gasteiger partial charge on any atom is -0.308 e. The van der Waals surface area contributed by atoms with Crippen LogP contribution in [0.2, 0.25) is 5.02 Å². The molecule has 2 rings (SSSR count). The Morgan fingerprint density at radius 3 is 2.71 bits per heavy atom. The number of amides is 1. The highest BCUT2D eigenvalue weighted by Crippen LogP contribution is 2.12. The highest BCUT2D eigenvalue weighted by Gasteiger charge is 2.16. The van der Waals surface area contributed by atoms with Crippen LogP contribution in [0.3, 0.4) is 0 Å². The smallest absolute Gasteiger partial charge is 0.308 e. The van der Waals surface area contributed by atoms with E-state index in [1.165, 1.54) is 18.2 Å². The molecule has 0 spiro atoms. The summed E-state index contributed by atoms with van der Waals surface area (Å²) in [6.45, 7) is 1.14. The minimum atomic E-state index is -1.01. The molecule has 0 saturated heterocycles. The maximum atomic E-state index is 13.7. The fourth-order valence-corrected chi connectivity index (χ4v) is 1.78. The number of halogens is 2. The van der Waals surface area contributed by atoms with Crippen molar-refractivity contribution in [2.24, 2.45) is 0 Å². The second-order valence-corrected chi connectivity index (χ2v) is 4.52. The molecule has 21 heavy (non-hydrogen) atoms. The number of hydrogen-bond donors (Lipinski definition) is 1. The van der Waals surface area contributed by atoms with E-state index < -0.39 is 29.1 Å². The normalized spacial score (nSPS) is 10.2. The molecule has 1 aromatic carbocycles. The Morgan fingerprint density at radius 1 is 1.38 bits per heavy atom. The fraction of sp³-hybridized carbons (Fsp3) is 0.0769. The monoisotopic (exact) mass is 309 g/mol. The second kappa shape index (κ2) is 5.84. The van der Waals surface area contributed by atoms with Gasteiger partial charge in [-0.3, -0.25) is 9.59 Å². The van der Waals surface area contributed by atoms with Gasteiger partial charge in [0.1, 0.15) is 0 Å². The van der Waals surface area contributed by atoms with E-state index in [0.717, 1.165) is 6.92 Å². The van der Waals surface area contributed by atoms with Crippen molar-refractivity contribution in [3.8, 4) is 0 Å². The van der Waals surface area contributed by atoms with Crippen LogP contribution in [-0.4, -0.2) is 21.4 Å². The first-order valence-electron chi connectivity index (χ1n) is 5.75. The third kappa shape index (κ3) is 3.32. The van der Waals surface area contributed by atoms with Crippen LogP contribution in [0.5, 0.6) is 0 Å². The van der Waals surface area contributed by atoms with Crippen LogP contribution in [0, 0.1) is 5.82 Å². The maximum absolute atomic E-state index is 13.7. The van der Waals surface area contributed by atoms with Crippen molar-refractivity contribution in [1.29, 1.82) is 0 Å². The van der Waals surface area contributed by atoms with Crippen molar-refractivity contribution in [1.82, 2.24) is 9.55 Å². The van der Waals surface area contributed by atoms with E-state index in [4.69, 9.17) is 11.6 Å². The molecule has 0 fully saturated rings. The lowest BCUT2D eigenvalue weighted by molar-refractivity contribution is -0.114. The van der Waals surface area contributed by atoms with Crippen LogP contribution in [0.4, 0.5) is 10.2 Å². The summed E-state index contributed by atoms with van der Waals surface area (Å²) in [5.41, 5.74) is -0.900. The Kier molecular flexibility index (Phi) is 4.13. The summed E-state index contributed by atoms with van der Waals surface area (Å²) in [5.74, 6) is -2.88. The molecule has 0 radical (unpaired) electrons. The van der Waals surface area contributed by atoms with Gasteiger partial charge in [-0.1, -0.05) is 17.7 Å². The number of hydrogen-bond acceptors (Lipinski definition) is 4. The summed E-state index contributed by atoms with van der Waals surface area (Å²) in [4.78, 5) is 38.0. The number of nitrogens with zero attached hydrogens (tertiary/aromatic N) is 2. The number of rotatable bonds is 2. The Labute approximate surface area is 123 Å². The van der Waals surface area contributed by atoms with Crippen LogP contribution in [0.25, 0.3) is 0 Å². The van der Waals surface area contributed by atoms with Gasteiger partial charge in [-0.05, 0) is 18.2 Å². The summed E-state index contributed by atoms with van der Waals surface area (Å²) in [5, 5.41) is 2.36. The zero-order chi connectivity index (χ0) is 15.6. The van der Waals surface area contributed by atoms with E-state index in [0.29, 0.717) is 15.8 Å². The van der Waals surface area contributed by atoms with Crippen molar-refractivity contribution in [2.75, 3.05) is 5.32 Å². The minimum absolute atomic E-state index is 0.109. The Balaban J connectivity index is 2.45. The number of anilines is 1. The molecular weight excluding hydrogens is 301 g/mol. The largest absolute Gasteiger partial charge is 0.356 e. The van der Waals surface area contributed by atoms with E-state index in [1.807, 2.05) is 0 Å². The predicted octanol–water partition coefficient (Wildman–Crippen LogP) is 1.68. The van der Waals surface area contributed by atoms with Crippen LogP contribution in [0.15, 0.2) is 35.3 Å². The van der Waals surface area contributed by atoms with Gasteiger partial charge in [0.05, 0.1) is 6.20 Å². The molecule has 0 aliphatic heterocycles. The molecule has 1 aromatic heterocycles. The highest BCUT2D eigenvalue weighted by molar-refractivity contribution is 6.31. The van der Waals surface area contributed by atoms with E-state index >= 15 is 0 Å². The molecule has 2 aromatic rings. The van der Waals surface area contributed by atoms with Crippen molar-refractivity contribution in [3.63, 3.8) is 0 Å². The second-order valence-electron chi connectivity index (χ2n) is 4.09. The molecule has 0 aliphatic rings. The zero-order valence-corrected chi connectivity index (χ0v) is 11.5. The summed E-state index contributed by atoms with van der Waals surface area (Å²) >= 11 is 5.75. The molecule has 0 bridgehead atoms. The standard InChI is InChI=1S/C13H9ClFN3O3/c1-7(19)16-11-10(15)6-18(13(21)17-11)12(20)8-3-2-4-9(14)5-8/h2-6H,1H3,(H,16,17,19,21).